The largest absolute Gasteiger partial charge is 0.249 e. The smallest absolute Gasteiger partial charge is 0.0691 e. The van der Waals surface area contributed by atoms with Crippen LogP contribution in [-0.2, 0) is 0 Å². The van der Waals surface area contributed by atoms with Gasteiger partial charge in [0.05, 0.1) is 45.6 Å². The van der Waals surface area contributed by atoms with Gasteiger partial charge in [0, 0.05) is 0 Å². The minimum atomic E-state index is 0.906. The lowest BCUT2D eigenvalue weighted by molar-refractivity contribution is 0.565. The molecule has 0 aromatic carbocycles. The highest BCUT2D eigenvalue weighted by Gasteiger charge is 2.16. The van der Waals surface area contributed by atoms with E-state index < -0.39 is 0 Å². The Morgan fingerprint density at radius 1 is 0.457 bits per heavy atom. The second-order valence-electron chi connectivity index (χ2n) is 9.63. The van der Waals surface area contributed by atoms with E-state index in [-0.39, 0.29) is 0 Å². The maximum absolute atomic E-state index is 4.95. The summed E-state index contributed by atoms with van der Waals surface area (Å²) in [4.78, 5) is 19.2. The molecule has 4 nitrogen and oxygen atoms in total. The van der Waals surface area contributed by atoms with E-state index in [9.17, 15) is 0 Å². The van der Waals surface area contributed by atoms with Gasteiger partial charge in [-0.15, -0.1) is 0 Å². The van der Waals surface area contributed by atoms with E-state index >= 15 is 0 Å². The normalized spacial score (nSPS) is 19.6. The van der Waals surface area contributed by atoms with E-state index in [2.05, 4.69) is 36.2 Å². The number of hydrogen-bond donors (Lipinski definition) is 0. The summed E-state index contributed by atoms with van der Waals surface area (Å²) >= 11 is 0. The molecule has 0 aliphatic carbocycles. The molecule has 0 fully saturated rings. The van der Waals surface area contributed by atoms with E-state index in [0.717, 1.165) is 52.1 Å². The van der Waals surface area contributed by atoms with Gasteiger partial charge in [0.2, 0.25) is 0 Å². The van der Waals surface area contributed by atoms with E-state index in [1.807, 2.05) is 42.5 Å². The number of unbranched alkanes of at least 4 members (excludes halogenated alkanes) is 8. The zero-order chi connectivity index (χ0) is 23.9. The van der Waals surface area contributed by atoms with Crippen molar-refractivity contribution in [3.63, 3.8) is 0 Å². The van der Waals surface area contributed by atoms with Gasteiger partial charge in [-0.25, -0.2) is 20.0 Å². The summed E-state index contributed by atoms with van der Waals surface area (Å²) in [6.45, 7) is 2.28. The fraction of sp³-hybridized carbons (Fsp3) is 0.355. The lowest BCUT2D eigenvalue weighted by atomic mass is 10.0. The molecular weight excluding hydrogens is 428 g/mol. The first kappa shape index (κ1) is 23.3. The van der Waals surface area contributed by atoms with Crippen LogP contribution >= 0.6 is 0 Å². The standard InChI is InChI=1S/C31H34N4/c1-2-3-4-5-6-7-8-9-10-11-23-18-30-21-28-15-14-26(33-28)19-24-12-13-25(32-24)20-27-16-17-29(34-27)22-31(23)35-30/h12-22H,2-11H2,1H3. The van der Waals surface area contributed by atoms with Crippen LogP contribution in [0.2, 0.25) is 0 Å². The summed E-state index contributed by atoms with van der Waals surface area (Å²) < 4.78 is 0. The van der Waals surface area contributed by atoms with Gasteiger partial charge in [-0.1, -0.05) is 58.3 Å². The number of rotatable bonds is 10. The van der Waals surface area contributed by atoms with Gasteiger partial charge in [-0.3, -0.25) is 0 Å². The molecule has 0 atom stereocenters. The SMILES string of the molecule is CCCCCCCCCCCC1=CC2=CC3=NC(=CC4=NC(=CC5=NC(=CC1=N2)C=C5)C=C4)C=C3. The van der Waals surface area contributed by atoms with Gasteiger partial charge >= 0.3 is 0 Å². The topological polar surface area (TPSA) is 49.4 Å². The van der Waals surface area contributed by atoms with E-state index in [1.54, 1.807) is 0 Å². The molecular formula is C31H34N4. The van der Waals surface area contributed by atoms with Crippen LogP contribution < -0.4 is 0 Å². The number of aliphatic imine (C=N–C) groups is 4. The van der Waals surface area contributed by atoms with Crippen LogP contribution in [0.4, 0.5) is 0 Å². The molecule has 0 amide bonds. The van der Waals surface area contributed by atoms with Crippen molar-refractivity contribution in [2.45, 2.75) is 71.1 Å². The van der Waals surface area contributed by atoms with Crippen molar-refractivity contribution in [3.05, 3.63) is 95.2 Å². The Balaban J connectivity index is 1.30. The molecule has 0 aromatic rings. The zero-order valence-electron chi connectivity index (χ0n) is 20.7. The van der Waals surface area contributed by atoms with Crippen molar-refractivity contribution >= 4 is 22.8 Å². The van der Waals surface area contributed by atoms with Crippen molar-refractivity contribution in [2.24, 2.45) is 20.0 Å². The Labute approximate surface area is 209 Å². The van der Waals surface area contributed by atoms with E-state index in [0.29, 0.717) is 0 Å². The Morgan fingerprint density at radius 2 is 0.943 bits per heavy atom. The molecule has 5 heterocycles. The average molecular weight is 463 g/mol. The van der Waals surface area contributed by atoms with Crippen LogP contribution in [0.5, 0.6) is 0 Å². The molecule has 0 saturated heterocycles. The van der Waals surface area contributed by atoms with Gasteiger partial charge in [0.25, 0.3) is 0 Å². The molecule has 0 N–H and O–H groups in total. The van der Waals surface area contributed by atoms with Crippen molar-refractivity contribution in [3.8, 4) is 0 Å². The Bertz CT molecular complexity index is 1230. The summed E-state index contributed by atoms with van der Waals surface area (Å²) in [5.74, 6) is 0. The minimum Gasteiger partial charge on any atom is -0.249 e. The van der Waals surface area contributed by atoms with Crippen LogP contribution in [0, 0.1) is 0 Å². The Hall–Kier alpha value is -3.40. The first-order valence-electron chi connectivity index (χ1n) is 13.2. The quantitative estimate of drug-likeness (QED) is 0.297. The van der Waals surface area contributed by atoms with Crippen molar-refractivity contribution in [1.82, 2.24) is 0 Å². The lowest BCUT2D eigenvalue weighted by Gasteiger charge is -2.04. The molecule has 0 aromatic heterocycles. The molecule has 5 rings (SSSR count). The molecule has 4 heteroatoms. The summed E-state index contributed by atoms with van der Waals surface area (Å²) in [6.07, 6.45) is 35.8. The van der Waals surface area contributed by atoms with Crippen LogP contribution in [0.15, 0.2) is 115 Å². The fourth-order valence-corrected chi connectivity index (χ4v) is 4.78. The summed E-state index contributed by atoms with van der Waals surface area (Å²) in [7, 11) is 0. The highest BCUT2D eigenvalue weighted by Crippen LogP contribution is 2.26. The van der Waals surface area contributed by atoms with Crippen molar-refractivity contribution < 1.29 is 0 Å². The molecule has 0 spiro atoms. The monoisotopic (exact) mass is 462 g/mol. The number of fused-ring (bicyclic) bond motifs is 4. The third kappa shape index (κ3) is 6.39. The van der Waals surface area contributed by atoms with Crippen LogP contribution in [0.1, 0.15) is 71.1 Å². The third-order valence-corrected chi connectivity index (χ3v) is 6.67. The molecule has 5 aliphatic rings. The zero-order valence-corrected chi connectivity index (χ0v) is 20.7. The van der Waals surface area contributed by atoms with E-state index in [4.69, 9.17) is 15.0 Å². The number of hydrogen-bond acceptors (Lipinski definition) is 4. The maximum atomic E-state index is 4.95. The van der Waals surface area contributed by atoms with Gasteiger partial charge in [0.15, 0.2) is 0 Å². The van der Waals surface area contributed by atoms with Gasteiger partial charge in [0.1, 0.15) is 0 Å². The van der Waals surface area contributed by atoms with Crippen molar-refractivity contribution in [2.75, 3.05) is 0 Å². The molecule has 5 aliphatic heterocycles. The van der Waals surface area contributed by atoms with Crippen LogP contribution in [-0.4, -0.2) is 22.8 Å². The predicted octanol–water partition coefficient (Wildman–Crippen LogP) is 7.87. The number of nitrogens with zero attached hydrogens (tertiary/aromatic N) is 4. The van der Waals surface area contributed by atoms with Crippen molar-refractivity contribution in [1.29, 1.82) is 0 Å². The molecule has 35 heavy (non-hydrogen) atoms. The predicted molar refractivity (Wildman–Crippen MR) is 149 cm³/mol. The molecule has 0 saturated carbocycles. The first-order chi connectivity index (χ1) is 17.2. The average Bonchev–Trinajstić information content (AvgIpc) is 3.64. The second-order valence-corrected chi connectivity index (χ2v) is 9.63. The van der Waals surface area contributed by atoms with E-state index in [1.165, 1.54) is 63.4 Å². The number of allylic oxidation sites excluding steroid dienone is 12. The highest BCUT2D eigenvalue weighted by atomic mass is 14.8. The summed E-state index contributed by atoms with van der Waals surface area (Å²) in [5.41, 5.74) is 8.80. The Kier molecular flexibility index (Phi) is 7.57. The third-order valence-electron chi connectivity index (χ3n) is 6.67. The lowest BCUT2D eigenvalue weighted by Crippen LogP contribution is -1.97. The van der Waals surface area contributed by atoms with Crippen LogP contribution in [0.25, 0.3) is 0 Å². The van der Waals surface area contributed by atoms with Gasteiger partial charge in [-0.05, 0) is 85.3 Å². The van der Waals surface area contributed by atoms with Gasteiger partial charge in [-0.2, -0.15) is 0 Å². The fourth-order valence-electron chi connectivity index (χ4n) is 4.78. The highest BCUT2D eigenvalue weighted by molar-refractivity contribution is 6.16. The van der Waals surface area contributed by atoms with Gasteiger partial charge < -0.3 is 0 Å². The molecule has 0 radical (unpaired) electrons. The molecule has 178 valence electrons. The minimum absolute atomic E-state index is 0.906. The second kappa shape index (κ2) is 11.4. The van der Waals surface area contributed by atoms with Crippen LogP contribution in [0.3, 0.4) is 0 Å². The summed E-state index contributed by atoms with van der Waals surface area (Å²) in [6, 6.07) is 0. The maximum Gasteiger partial charge on any atom is 0.0691 e. The molecule has 0 unspecified atom stereocenters. The first-order valence-corrected chi connectivity index (χ1v) is 13.2. The summed E-state index contributed by atoms with van der Waals surface area (Å²) in [5, 5.41) is 0. The Morgan fingerprint density at radius 3 is 1.51 bits per heavy atom. The molecule has 8 bridgehead atoms.